The van der Waals surface area contributed by atoms with Gasteiger partial charge in [-0.05, 0) is 42.6 Å². The lowest BCUT2D eigenvalue weighted by molar-refractivity contribution is -0.134. The molecule has 0 bridgehead atoms. The number of carbonyl (C=O) groups excluding carboxylic acids is 1. The molecule has 0 fully saturated rings. The third kappa shape index (κ3) is 2.84. The van der Waals surface area contributed by atoms with E-state index in [9.17, 15) is 9.59 Å². The van der Waals surface area contributed by atoms with Gasteiger partial charge in [-0.1, -0.05) is 0 Å². The molecule has 6 nitrogen and oxygen atoms in total. The van der Waals surface area contributed by atoms with E-state index in [4.69, 9.17) is 10.4 Å². The minimum atomic E-state index is -1.15. The highest BCUT2D eigenvalue weighted by atomic mass is 16.4. The molecule has 1 aromatic carbocycles. The van der Waals surface area contributed by atoms with Gasteiger partial charge in [-0.25, -0.2) is 4.79 Å². The number of carbonyl (C=O) groups is 2. The van der Waals surface area contributed by atoms with Gasteiger partial charge in [-0.15, -0.1) is 0 Å². The average molecular weight is 269 g/mol. The number of carboxylic acids is 1. The Morgan fingerprint density at radius 1 is 1.30 bits per heavy atom. The molecule has 20 heavy (non-hydrogen) atoms. The van der Waals surface area contributed by atoms with E-state index in [-0.39, 0.29) is 5.57 Å². The van der Waals surface area contributed by atoms with Crippen molar-refractivity contribution in [3.63, 3.8) is 0 Å². The van der Waals surface area contributed by atoms with Crippen LogP contribution >= 0.6 is 0 Å². The predicted octanol–water partition coefficient (Wildman–Crippen LogP) is 0.993. The van der Waals surface area contributed by atoms with Crippen LogP contribution in [0.15, 0.2) is 48.2 Å². The molecule has 0 saturated carbocycles. The summed E-state index contributed by atoms with van der Waals surface area (Å²) in [6.07, 6.45) is 4.41. The molecule has 0 radical (unpaired) electrons. The molecule has 1 unspecified atom stereocenters. The molecule has 0 aromatic heterocycles. The first-order chi connectivity index (χ1) is 9.61. The van der Waals surface area contributed by atoms with E-state index < -0.39 is 17.9 Å². The first kappa shape index (κ1) is 13.4. The molecular formula is C14H11N3O3. The van der Waals surface area contributed by atoms with Crippen LogP contribution < -0.4 is 10.6 Å². The maximum Gasteiger partial charge on any atom is 0.334 e. The van der Waals surface area contributed by atoms with Crippen LogP contribution in [-0.4, -0.2) is 23.0 Å². The molecular weight excluding hydrogens is 258 g/mol. The minimum Gasteiger partial charge on any atom is -0.478 e. The Labute approximate surface area is 115 Å². The minimum absolute atomic E-state index is 0.0290. The van der Waals surface area contributed by atoms with Gasteiger partial charge in [-0.2, -0.15) is 5.26 Å². The molecule has 6 heteroatoms. The summed E-state index contributed by atoms with van der Waals surface area (Å²) in [5.41, 5.74) is 0.946. The van der Waals surface area contributed by atoms with Crippen molar-refractivity contribution in [3.8, 4) is 6.07 Å². The zero-order chi connectivity index (χ0) is 14.5. The fourth-order valence-corrected chi connectivity index (χ4v) is 1.74. The lowest BCUT2D eigenvalue weighted by Gasteiger charge is -2.20. The molecule has 1 amide bonds. The van der Waals surface area contributed by atoms with E-state index in [0.29, 0.717) is 11.3 Å². The zero-order valence-corrected chi connectivity index (χ0v) is 10.3. The van der Waals surface area contributed by atoms with Crippen molar-refractivity contribution in [1.82, 2.24) is 5.32 Å². The second-order valence-corrected chi connectivity index (χ2v) is 4.06. The molecule has 1 aliphatic rings. The van der Waals surface area contributed by atoms with E-state index in [1.807, 2.05) is 6.07 Å². The Balaban J connectivity index is 2.11. The standard InChI is InChI=1S/C14H11N3O3/c15-8-9-3-5-10(6-4-9)17-13(18)12-11(14(19)20)2-1-7-16-12/h1-7,12,16H,(H,17,18)(H,19,20). The molecule has 1 heterocycles. The van der Waals surface area contributed by atoms with Gasteiger partial charge < -0.3 is 15.7 Å². The summed E-state index contributed by atoms with van der Waals surface area (Å²) < 4.78 is 0. The van der Waals surface area contributed by atoms with Gasteiger partial charge in [0.15, 0.2) is 0 Å². The zero-order valence-electron chi connectivity index (χ0n) is 10.3. The number of carboxylic acid groups (broad SMARTS) is 1. The SMILES string of the molecule is N#Cc1ccc(NC(=O)C2NC=CC=C2C(=O)O)cc1. The summed E-state index contributed by atoms with van der Waals surface area (Å²) >= 11 is 0. The molecule has 0 aliphatic carbocycles. The summed E-state index contributed by atoms with van der Waals surface area (Å²) in [5.74, 6) is -1.63. The Hall–Kier alpha value is -3.07. The number of hydrogen-bond acceptors (Lipinski definition) is 4. The number of anilines is 1. The van der Waals surface area contributed by atoms with Gasteiger partial charge in [0.2, 0.25) is 0 Å². The normalized spacial score (nSPS) is 16.6. The van der Waals surface area contributed by atoms with Crippen molar-refractivity contribution in [1.29, 1.82) is 5.26 Å². The number of aliphatic carboxylic acids is 1. The van der Waals surface area contributed by atoms with Crippen LogP contribution in [0.2, 0.25) is 0 Å². The summed E-state index contributed by atoms with van der Waals surface area (Å²) in [4.78, 5) is 23.1. The molecule has 1 aromatic rings. The number of benzene rings is 1. The highest BCUT2D eigenvalue weighted by Gasteiger charge is 2.27. The lowest BCUT2D eigenvalue weighted by atomic mass is 10.0. The van der Waals surface area contributed by atoms with Gasteiger partial charge >= 0.3 is 5.97 Å². The van der Waals surface area contributed by atoms with Crippen molar-refractivity contribution in [2.75, 3.05) is 5.32 Å². The van der Waals surface area contributed by atoms with Gasteiger partial charge in [-0.3, -0.25) is 4.79 Å². The van der Waals surface area contributed by atoms with Crippen LogP contribution in [0.5, 0.6) is 0 Å². The van der Waals surface area contributed by atoms with Crippen LogP contribution in [-0.2, 0) is 9.59 Å². The Kier molecular flexibility index (Phi) is 3.82. The van der Waals surface area contributed by atoms with Gasteiger partial charge in [0.1, 0.15) is 6.04 Å². The molecule has 1 atom stereocenters. The molecule has 0 spiro atoms. The van der Waals surface area contributed by atoms with Crippen LogP contribution in [0.25, 0.3) is 0 Å². The maximum atomic E-state index is 12.1. The number of hydrogen-bond donors (Lipinski definition) is 3. The van der Waals surface area contributed by atoms with Crippen LogP contribution in [0.4, 0.5) is 5.69 Å². The maximum absolute atomic E-state index is 12.1. The van der Waals surface area contributed by atoms with Crippen molar-refractivity contribution in [3.05, 3.63) is 53.8 Å². The second kappa shape index (κ2) is 5.71. The van der Waals surface area contributed by atoms with Crippen molar-refractivity contribution >= 4 is 17.6 Å². The number of nitrogens with one attached hydrogen (secondary N) is 2. The van der Waals surface area contributed by atoms with Crippen LogP contribution in [0.3, 0.4) is 0 Å². The Morgan fingerprint density at radius 2 is 2.00 bits per heavy atom. The average Bonchev–Trinajstić information content (AvgIpc) is 2.48. The smallest absolute Gasteiger partial charge is 0.334 e. The second-order valence-electron chi connectivity index (χ2n) is 4.06. The number of dihydropyridines is 1. The quantitative estimate of drug-likeness (QED) is 0.759. The molecule has 100 valence electrons. The molecule has 3 N–H and O–H groups in total. The third-order valence-electron chi connectivity index (χ3n) is 2.74. The van der Waals surface area contributed by atoms with E-state index in [0.717, 1.165) is 0 Å². The highest BCUT2D eigenvalue weighted by Crippen LogP contribution is 2.13. The Bertz CT molecular complexity index is 639. The number of nitriles is 1. The van der Waals surface area contributed by atoms with Crippen molar-refractivity contribution in [2.24, 2.45) is 0 Å². The fraction of sp³-hybridized carbons (Fsp3) is 0.0714. The number of rotatable bonds is 3. The first-order valence-corrected chi connectivity index (χ1v) is 5.79. The fourth-order valence-electron chi connectivity index (χ4n) is 1.74. The Morgan fingerprint density at radius 3 is 2.60 bits per heavy atom. The largest absolute Gasteiger partial charge is 0.478 e. The van der Waals surface area contributed by atoms with E-state index in [2.05, 4.69) is 10.6 Å². The van der Waals surface area contributed by atoms with Crippen molar-refractivity contribution in [2.45, 2.75) is 6.04 Å². The van der Waals surface area contributed by atoms with Gasteiger partial charge in [0.25, 0.3) is 5.91 Å². The number of nitrogens with zero attached hydrogens (tertiary/aromatic N) is 1. The highest BCUT2D eigenvalue weighted by molar-refractivity contribution is 6.04. The lowest BCUT2D eigenvalue weighted by Crippen LogP contribution is -2.42. The van der Waals surface area contributed by atoms with Gasteiger partial charge in [0.05, 0.1) is 17.2 Å². The van der Waals surface area contributed by atoms with Gasteiger partial charge in [0, 0.05) is 5.69 Å². The summed E-state index contributed by atoms with van der Waals surface area (Å²) in [7, 11) is 0. The molecule has 1 aliphatic heterocycles. The summed E-state index contributed by atoms with van der Waals surface area (Å²) in [6, 6.07) is 7.32. The predicted molar refractivity (Wildman–Crippen MR) is 71.6 cm³/mol. The number of amides is 1. The van der Waals surface area contributed by atoms with E-state index >= 15 is 0 Å². The molecule has 2 rings (SSSR count). The monoisotopic (exact) mass is 269 g/mol. The van der Waals surface area contributed by atoms with E-state index in [1.165, 1.54) is 18.4 Å². The topological polar surface area (TPSA) is 102 Å². The third-order valence-corrected chi connectivity index (χ3v) is 2.74. The van der Waals surface area contributed by atoms with Crippen LogP contribution in [0.1, 0.15) is 5.56 Å². The number of allylic oxidation sites excluding steroid dienone is 2. The van der Waals surface area contributed by atoms with E-state index in [1.54, 1.807) is 24.3 Å². The van der Waals surface area contributed by atoms with Crippen molar-refractivity contribution < 1.29 is 14.7 Å². The van der Waals surface area contributed by atoms with Crippen LogP contribution in [0, 0.1) is 11.3 Å². The first-order valence-electron chi connectivity index (χ1n) is 5.79. The summed E-state index contributed by atoms with van der Waals surface area (Å²) in [5, 5.41) is 23.0. The summed E-state index contributed by atoms with van der Waals surface area (Å²) in [6.45, 7) is 0. The molecule has 0 saturated heterocycles.